The van der Waals surface area contributed by atoms with E-state index in [1.807, 2.05) is 36.4 Å². The first-order valence-electron chi connectivity index (χ1n) is 12.7. The van der Waals surface area contributed by atoms with Crippen molar-refractivity contribution in [3.63, 3.8) is 0 Å². The molecule has 0 saturated carbocycles. The molecule has 2 aromatic heterocycles. The summed E-state index contributed by atoms with van der Waals surface area (Å²) in [5.41, 5.74) is 3.42. The van der Waals surface area contributed by atoms with Gasteiger partial charge in [-0.2, -0.15) is 14.8 Å². The molecule has 9 nitrogen and oxygen atoms in total. The third-order valence-electron chi connectivity index (χ3n) is 6.68. The number of thiazole rings is 1. The van der Waals surface area contributed by atoms with Gasteiger partial charge >= 0.3 is 0 Å². The molecule has 1 aliphatic heterocycles. The molecule has 12 heteroatoms. The van der Waals surface area contributed by atoms with Gasteiger partial charge < -0.3 is 10.2 Å². The van der Waals surface area contributed by atoms with Crippen molar-refractivity contribution in [2.45, 2.75) is 30.7 Å². The van der Waals surface area contributed by atoms with E-state index in [2.05, 4.69) is 17.3 Å². The Hall–Kier alpha value is -3.65. The van der Waals surface area contributed by atoms with E-state index in [1.54, 1.807) is 22.7 Å². The number of rotatable bonds is 9. The predicted octanol–water partition coefficient (Wildman–Crippen LogP) is 5.08. The highest BCUT2D eigenvalue weighted by molar-refractivity contribution is 7.89. The van der Waals surface area contributed by atoms with Gasteiger partial charge in [0, 0.05) is 55.0 Å². The van der Waals surface area contributed by atoms with Crippen LogP contribution < -0.4 is 5.32 Å². The van der Waals surface area contributed by atoms with Gasteiger partial charge in [0.1, 0.15) is 10.0 Å². The minimum absolute atomic E-state index is 0.00437. The molecule has 2 aromatic carbocycles. The SMILES string of the molecule is CN1CCc2c(sc(NC(=O)c3ccc(S(=O)(=O)N(CCC#N)CCC#N)cc3)c2-c2nc3ccccc3s2)C1. The molecule has 1 amide bonds. The number of hydrogen-bond acceptors (Lipinski definition) is 9. The summed E-state index contributed by atoms with van der Waals surface area (Å²) in [4.78, 5) is 21.7. The van der Waals surface area contributed by atoms with Crippen LogP contribution in [-0.2, 0) is 23.0 Å². The van der Waals surface area contributed by atoms with Gasteiger partial charge in [-0.25, -0.2) is 13.4 Å². The topological polar surface area (TPSA) is 130 Å². The van der Waals surface area contributed by atoms with Gasteiger partial charge in [0.05, 0.1) is 27.3 Å². The second-order valence-corrected chi connectivity index (χ2v) is 13.5. The molecule has 0 atom stereocenters. The zero-order valence-electron chi connectivity index (χ0n) is 21.8. The monoisotopic (exact) mass is 590 g/mol. The van der Waals surface area contributed by atoms with E-state index in [0.717, 1.165) is 49.6 Å². The Labute approximate surface area is 241 Å². The molecule has 1 aliphatic rings. The van der Waals surface area contributed by atoms with Crippen LogP contribution in [0.5, 0.6) is 0 Å². The highest BCUT2D eigenvalue weighted by atomic mass is 32.2. The van der Waals surface area contributed by atoms with Crippen LogP contribution in [0.4, 0.5) is 5.00 Å². The number of hydrogen-bond donors (Lipinski definition) is 1. The van der Waals surface area contributed by atoms with Crippen LogP contribution in [-0.4, -0.2) is 55.2 Å². The van der Waals surface area contributed by atoms with Crippen molar-refractivity contribution >= 4 is 53.8 Å². The Kier molecular flexibility index (Phi) is 8.26. The maximum absolute atomic E-state index is 13.4. The van der Waals surface area contributed by atoms with Crippen LogP contribution in [0.2, 0.25) is 0 Å². The number of nitrogens with one attached hydrogen (secondary N) is 1. The van der Waals surface area contributed by atoms with Crippen molar-refractivity contribution in [1.29, 1.82) is 10.5 Å². The van der Waals surface area contributed by atoms with Crippen LogP contribution in [0.25, 0.3) is 20.8 Å². The maximum Gasteiger partial charge on any atom is 0.256 e. The Bertz CT molecular complexity index is 1700. The molecule has 0 bridgehead atoms. The molecular weight excluding hydrogens is 565 g/mol. The molecule has 204 valence electrons. The van der Waals surface area contributed by atoms with Crippen LogP contribution >= 0.6 is 22.7 Å². The van der Waals surface area contributed by atoms with Gasteiger partial charge in [0.25, 0.3) is 5.91 Å². The number of sulfonamides is 1. The standard InChI is InChI=1S/C28H26N6O3S3/c1-33-17-12-21-24(18-33)39-28(25(21)27-31-22-6-2-3-7-23(22)38-27)32-26(35)19-8-10-20(11-9-19)40(36,37)34(15-4-13-29)16-5-14-30/h2-3,6-11H,4-5,12,15-18H2,1H3,(H,32,35). The van der Waals surface area contributed by atoms with Gasteiger partial charge in [-0.15, -0.1) is 22.7 Å². The number of nitrogens with zero attached hydrogens (tertiary/aromatic N) is 5. The van der Waals surface area contributed by atoms with Crippen LogP contribution in [0, 0.1) is 22.7 Å². The summed E-state index contributed by atoms with van der Waals surface area (Å²) in [5.74, 6) is -0.343. The summed E-state index contributed by atoms with van der Waals surface area (Å²) in [6.45, 7) is 1.71. The van der Waals surface area contributed by atoms with Gasteiger partial charge in [0.15, 0.2) is 0 Å². The lowest BCUT2D eigenvalue weighted by atomic mass is 10.0. The van der Waals surface area contributed by atoms with E-state index < -0.39 is 10.0 Å². The molecule has 5 rings (SSSR count). The number of amides is 1. The zero-order chi connectivity index (χ0) is 28.3. The molecule has 40 heavy (non-hydrogen) atoms. The quantitative estimate of drug-likeness (QED) is 0.288. The average Bonchev–Trinajstić information content (AvgIpc) is 3.53. The van der Waals surface area contributed by atoms with Gasteiger partial charge in [-0.1, -0.05) is 12.1 Å². The minimum atomic E-state index is -3.92. The lowest BCUT2D eigenvalue weighted by molar-refractivity contribution is 0.102. The van der Waals surface area contributed by atoms with E-state index in [9.17, 15) is 13.2 Å². The first-order valence-corrected chi connectivity index (χ1v) is 15.7. The first-order chi connectivity index (χ1) is 19.3. The van der Waals surface area contributed by atoms with E-state index >= 15 is 0 Å². The number of thiophene rings is 1. The van der Waals surface area contributed by atoms with E-state index in [-0.39, 0.29) is 36.7 Å². The molecule has 1 N–H and O–H groups in total. The average molecular weight is 591 g/mol. The van der Waals surface area contributed by atoms with Crippen molar-refractivity contribution < 1.29 is 13.2 Å². The number of fused-ring (bicyclic) bond motifs is 2. The predicted molar refractivity (Wildman–Crippen MR) is 157 cm³/mol. The lowest BCUT2D eigenvalue weighted by Crippen LogP contribution is -2.32. The number of nitriles is 2. The summed E-state index contributed by atoms with van der Waals surface area (Å²) < 4.78 is 28.5. The third kappa shape index (κ3) is 5.63. The Morgan fingerprint density at radius 1 is 1.07 bits per heavy atom. The summed E-state index contributed by atoms with van der Waals surface area (Å²) in [6, 6.07) is 17.6. The summed E-state index contributed by atoms with van der Waals surface area (Å²) in [7, 11) is -1.84. The molecule has 0 aliphatic carbocycles. The fourth-order valence-corrected chi connectivity index (χ4v) is 8.50. The normalized spacial score (nSPS) is 13.6. The fourth-order valence-electron chi connectivity index (χ4n) is 4.63. The number of para-hydroxylation sites is 1. The van der Waals surface area contributed by atoms with Crippen molar-refractivity contribution in [2.75, 3.05) is 32.0 Å². The molecule has 0 fully saturated rings. The van der Waals surface area contributed by atoms with Gasteiger partial charge in [-0.3, -0.25) is 4.79 Å². The number of likely N-dealkylation sites (N-methyl/N-ethyl adjacent to an activating group) is 1. The third-order valence-corrected chi connectivity index (χ3v) is 10.8. The summed E-state index contributed by atoms with van der Waals surface area (Å²) >= 11 is 3.16. The molecule has 0 radical (unpaired) electrons. The largest absolute Gasteiger partial charge is 0.313 e. The number of aromatic nitrogens is 1. The minimum Gasteiger partial charge on any atom is -0.313 e. The van der Waals surface area contributed by atoms with Crippen molar-refractivity contribution in [2.24, 2.45) is 0 Å². The van der Waals surface area contributed by atoms with Crippen LogP contribution in [0.15, 0.2) is 53.4 Å². The molecule has 4 aromatic rings. The van der Waals surface area contributed by atoms with E-state index in [1.165, 1.54) is 34.7 Å². The van der Waals surface area contributed by atoms with Gasteiger partial charge in [-0.05, 0) is 55.4 Å². The van der Waals surface area contributed by atoms with E-state index in [0.29, 0.717) is 5.56 Å². The molecular formula is C28H26N6O3S3. The molecule has 3 heterocycles. The number of carbonyl (C=O) groups excluding carboxylic acids is 1. The molecule has 0 unspecified atom stereocenters. The summed E-state index contributed by atoms with van der Waals surface area (Å²) in [5, 5.41) is 22.5. The zero-order valence-corrected chi connectivity index (χ0v) is 24.2. The lowest BCUT2D eigenvalue weighted by Gasteiger charge is -2.22. The highest BCUT2D eigenvalue weighted by Gasteiger charge is 2.28. The van der Waals surface area contributed by atoms with Crippen molar-refractivity contribution in [1.82, 2.24) is 14.2 Å². The highest BCUT2D eigenvalue weighted by Crippen LogP contribution is 2.45. The number of anilines is 1. The smallest absolute Gasteiger partial charge is 0.256 e. The van der Waals surface area contributed by atoms with Crippen LogP contribution in [0.1, 0.15) is 33.6 Å². The number of benzene rings is 2. The molecule has 0 saturated heterocycles. The Balaban J connectivity index is 1.43. The summed E-state index contributed by atoms with van der Waals surface area (Å²) in [6.07, 6.45) is 0.898. The van der Waals surface area contributed by atoms with Crippen molar-refractivity contribution in [3.8, 4) is 22.7 Å². The second kappa shape index (κ2) is 11.8. The first kappa shape index (κ1) is 27.9. The second-order valence-electron chi connectivity index (χ2n) is 9.38. The Morgan fingerprint density at radius 3 is 2.45 bits per heavy atom. The fraction of sp³-hybridized carbons (Fsp3) is 0.286. The number of carbonyl (C=O) groups is 1. The van der Waals surface area contributed by atoms with E-state index in [4.69, 9.17) is 15.5 Å². The molecule has 0 spiro atoms. The maximum atomic E-state index is 13.4. The Morgan fingerprint density at radius 2 is 1.77 bits per heavy atom. The van der Waals surface area contributed by atoms with Gasteiger partial charge in [0.2, 0.25) is 10.0 Å². The van der Waals surface area contributed by atoms with Crippen molar-refractivity contribution in [3.05, 3.63) is 64.5 Å². The van der Waals surface area contributed by atoms with Crippen LogP contribution in [0.3, 0.4) is 0 Å².